The Morgan fingerprint density at radius 2 is 2.38 bits per heavy atom. The number of hydrogen-bond donors (Lipinski definition) is 1. The van der Waals surface area contributed by atoms with E-state index in [1.807, 2.05) is 0 Å². The van der Waals surface area contributed by atoms with Gasteiger partial charge in [0.2, 0.25) is 0 Å². The number of carbonyl (C=O) groups excluding carboxylic acids is 1. The zero-order valence-corrected chi connectivity index (χ0v) is 8.99. The van der Waals surface area contributed by atoms with Crippen molar-refractivity contribution in [2.75, 3.05) is 0 Å². The number of rotatable bonds is 1. The van der Waals surface area contributed by atoms with Crippen LogP contribution in [0.2, 0.25) is 0 Å². The Bertz CT molecular complexity index is 477. The first-order valence-electron chi connectivity index (χ1n) is 3.69. The summed E-state index contributed by atoms with van der Waals surface area (Å²) in [5, 5.41) is 7.79. The molecule has 0 radical (unpaired) electrons. The fraction of sp³-hybridized carbons (Fsp3) is 0.125. The van der Waals surface area contributed by atoms with E-state index in [1.54, 1.807) is 12.3 Å². The number of fused-ring (bicyclic) bond motifs is 1. The van der Waals surface area contributed by atoms with Crippen LogP contribution in [-0.2, 0) is 0 Å². The molecular weight excluding hydrogens is 281 g/mol. The van der Waals surface area contributed by atoms with Gasteiger partial charge in [0.15, 0.2) is 5.78 Å². The summed E-state index contributed by atoms with van der Waals surface area (Å²) < 4.78 is 0.928. The molecule has 2 rings (SSSR count). The van der Waals surface area contributed by atoms with Crippen LogP contribution in [0, 0.1) is 3.70 Å². The van der Waals surface area contributed by atoms with Crippen molar-refractivity contribution < 1.29 is 4.79 Å². The number of ketones is 1. The Morgan fingerprint density at radius 1 is 1.62 bits per heavy atom. The molecule has 0 aliphatic heterocycles. The van der Waals surface area contributed by atoms with E-state index >= 15 is 0 Å². The van der Waals surface area contributed by atoms with Gasteiger partial charge in [-0.3, -0.25) is 14.9 Å². The predicted molar refractivity (Wildman–Crippen MR) is 56.6 cm³/mol. The second-order valence-corrected chi connectivity index (χ2v) is 3.76. The Hall–Kier alpha value is -0.980. The van der Waals surface area contributed by atoms with E-state index in [2.05, 4.69) is 37.8 Å². The minimum atomic E-state index is -0.0288. The van der Waals surface area contributed by atoms with Gasteiger partial charge in [0.25, 0.3) is 0 Å². The topological polar surface area (TPSA) is 58.6 Å². The number of pyridine rings is 1. The van der Waals surface area contributed by atoms with Crippen LogP contribution >= 0.6 is 22.6 Å². The summed E-state index contributed by atoms with van der Waals surface area (Å²) in [5.74, 6) is -0.0288. The van der Waals surface area contributed by atoms with Crippen LogP contribution in [0.1, 0.15) is 17.4 Å². The van der Waals surface area contributed by atoms with Crippen molar-refractivity contribution in [2.24, 2.45) is 0 Å². The van der Waals surface area contributed by atoms with Gasteiger partial charge in [0.05, 0.1) is 6.20 Å². The van der Waals surface area contributed by atoms with Gasteiger partial charge in [-0.2, -0.15) is 5.10 Å². The Labute approximate surface area is 87.9 Å². The SMILES string of the molecule is CC(=O)c1cc2c(I)[nH]nc2cn1. The molecule has 0 aliphatic rings. The normalized spacial score (nSPS) is 10.6. The molecule has 0 spiro atoms. The third-order valence-electron chi connectivity index (χ3n) is 1.75. The number of aromatic nitrogens is 3. The highest BCUT2D eigenvalue weighted by Gasteiger charge is 2.06. The van der Waals surface area contributed by atoms with E-state index in [9.17, 15) is 4.79 Å². The van der Waals surface area contributed by atoms with E-state index in [1.165, 1.54) is 6.92 Å². The Morgan fingerprint density at radius 3 is 3.08 bits per heavy atom. The van der Waals surface area contributed by atoms with E-state index in [4.69, 9.17) is 0 Å². The number of halogens is 1. The van der Waals surface area contributed by atoms with E-state index in [-0.39, 0.29) is 5.78 Å². The molecule has 0 saturated heterocycles. The molecule has 2 aromatic rings. The molecule has 0 saturated carbocycles. The van der Waals surface area contributed by atoms with Gasteiger partial charge in [-0.05, 0) is 28.7 Å². The first kappa shape index (κ1) is 8.61. The van der Waals surface area contributed by atoms with Crippen molar-refractivity contribution >= 4 is 39.3 Å². The van der Waals surface area contributed by atoms with Crippen molar-refractivity contribution in [2.45, 2.75) is 6.92 Å². The summed E-state index contributed by atoms with van der Waals surface area (Å²) in [6.45, 7) is 1.50. The van der Waals surface area contributed by atoms with Gasteiger partial charge in [-0.15, -0.1) is 0 Å². The van der Waals surface area contributed by atoms with E-state index < -0.39 is 0 Å². The molecule has 0 amide bonds. The van der Waals surface area contributed by atoms with Crippen LogP contribution in [0.15, 0.2) is 12.3 Å². The second-order valence-electron chi connectivity index (χ2n) is 2.68. The second kappa shape index (κ2) is 3.06. The molecule has 0 unspecified atom stereocenters. The average Bonchev–Trinajstić information content (AvgIpc) is 2.47. The van der Waals surface area contributed by atoms with Crippen LogP contribution in [0.5, 0.6) is 0 Å². The molecule has 0 aliphatic carbocycles. The quantitative estimate of drug-likeness (QED) is 0.642. The summed E-state index contributed by atoms with van der Waals surface area (Å²) in [6.07, 6.45) is 1.60. The highest BCUT2D eigenvalue weighted by atomic mass is 127. The summed E-state index contributed by atoms with van der Waals surface area (Å²) in [6, 6.07) is 1.75. The van der Waals surface area contributed by atoms with Crippen LogP contribution < -0.4 is 0 Å². The molecule has 0 aromatic carbocycles. The maximum absolute atomic E-state index is 11.0. The zero-order chi connectivity index (χ0) is 9.42. The number of nitrogens with one attached hydrogen (secondary N) is 1. The number of carbonyl (C=O) groups is 1. The molecule has 5 heteroatoms. The summed E-state index contributed by atoms with van der Waals surface area (Å²) in [7, 11) is 0. The number of Topliss-reactive ketones (excluding diaryl/α,β-unsaturated/α-hetero) is 1. The van der Waals surface area contributed by atoms with Crippen molar-refractivity contribution in [1.82, 2.24) is 15.2 Å². The number of aromatic amines is 1. The largest absolute Gasteiger partial charge is 0.293 e. The van der Waals surface area contributed by atoms with Gasteiger partial charge in [-0.25, -0.2) is 0 Å². The van der Waals surface area contributed by atoms with Crippen molar-refractivity contribution in [3.8, 4) is 0 Å². The standard InChI is InChI=1S/C8H6IN3O/c1-4(13)6-2-5-7(3-10-6)11-12-8(5)9/h2-3H,1H3,(H,11,12). The van der Waals surface area contributed by atoms with E-state index in [0.29, 0.717) is 5.69 Å². The predicted octanol–water partition coefficient (Wildman–Crippen LogP) is 1.77. The van der Waals surface area contributed by atoms with E-state index in [0.717, 1.165) is 14.6 Å². The van der Waals surface area contributed by atoms with Crippen molar-refractivity contribution in [1.29, 1.82) is 0 Å². The lowest BCUT2D eigenvalue weighted by molar-refractivity contribution is 0.101. The molecule has 0 bridgehead atoms. The minimum absolute atomic E-state index is 0.0288. The maximum atomic E-state index is 11.0. The molecule has 0 atom stereocenters. The first-order chi connectivity index (χ1) is 6.18. The number of nitrogens with zero attached hydrogens (tertiary/aromatic N) is 2. The average molecular weight is 287 g/mol. The number of H-pyrrole nitrogens is 1. The van der Waals surface area contributed by atoms with Crippen LogP contribution in [-0.4, -0.2) is 21.0 Å². The van der Waals surface area contributed by atoms with Gasteiger partial charge < -0.3 is 0 Å². The Balaban J connectivity index is 2.72. The highest BCUT2D eigenvalue weighted by molar-refractivity contribution is 14.1. The molecule has 66 valence electrons. The Kier molecular flexibility index (Phi) is 2.03. The zero-order valence-electron chi connectivity index (χ0n) is 6.84. The molecule has 0 fully saturated rings. The van der Waals surface area contributed by atoms with Crippen molar-refractivity contribution in [3.63, 3.8) is 0 Å². The molecular formula is C8H6IN3O. The highest BCUT2D eigenvalue weighted by Crippen LogP contribution is 2.17. The summed E-state index contributed by atoms with van der Waals surface area (Å²) in [5.41, 5.74) is 1.27. The lowest BCUT2D eigenvalue weighted by Gasteiger charge is -1.93. The monoisotopic (exact) mass is 287 g/mol. The van der Waals surface area contributed by atoms with Crippen LogP contribution in [0.3, 0.4) is 0 Å². The lowest BCUT2D eigenvalue weighted by atomic mass is 10.2. The minimum Gasteiger partial charge on any atom is -0.293 e. The third kappa shape index (κ3) is 1.43. The van der Waals surface area contributed by atoms with Gasteiger partial charge in [-0.1, -0.05) is 0 Å². The first-order valence-corrected chi connectivity index (χ1v) is 4.77. The smallest absolute Gasteiger partial charge is 0.178 e. The third-order valence-corrected chi connectivity index (χ3v) is 2.58. The number of hydrogen-bond acceptors (Lipinski definition) is 3. The molecule has 2 heterocycles. The van der Waals surface area contributed by atoms with Crippen LogP contribution in [0.4, 0.5) is 0 Å². The fourth-order valence-corrected chi connectivity index (χ4v) is 1.63. The molecule has 2 aromatic heterocycles. The van der Waals surface area contributed by atoms with Crippen LogP contribution in [0.25, 0.3) is 10.9 Å². The summed E-state index contributed by atoms with van der Waals surface area (Å²) in [4.78, 5) is 15.0. The summed E-state index contributed by atoms with van der Waals surface area (Å²) >= 11 is 2.14. The van der Waals surface area contributed by atoms with Gasteiger partial charge in [0, 0.05) is 12.3 Å². The molecule has 13 heavy (non-hydrogen) atoms. The van der Waals surface area contributed by atoms with Crippen molar-refractivity contribution in [3.05, 3.63) is 21.7 Å². The maximum Gasteiger partial charge on any atom is 0.178 e. The van der Waals surface area contributed by atoms with Gasteiger partial charge >= 0.3 is 0 Å². The fourth-order valence-electron chi connectivity index (χ4n) is 1.08. The molecule has 1 N–H and O–H groups in total. The van der Waals surface area contributed by atoms with Gasteiger partial charge in [0.1, 0.15) is 14.9 Å². The molecule has 4 nitrogen and oxygen atoms in total. The lowest BCUT2D eigenvalue weighted by Crippen LogP contribution is -1.95.